The van der Waals surface area contributed by atoms with Gasteiger partial charge in [-0.2, -0.15) is 0 Å². The Hall–Kier alpha value is -0.840. The van der Waals surface area contributed by atoms with Crippen molar-refractivity contribution in [1.29, 1.82) is 0 Å². The minimum Gasteiger partial charge on any atom is -0.352 e. The van der Waals surface area contributed by atoms with Crippen molar-refractivity contribution in [2.45, 2.75) is 12.8 Å². The fraction of sp³-hybridized carbons (Fsp3) is 0.462. The molecule has 0 radical (unpaired) electrons. The molecule has 0 aromatic heterocycles. The van der Waals surface area contributed by atoms with E-state index in [1.807, 2.05) is 0 Å². The summed E-state index contributed by atoms with van der Waals surface area (Å²) >= 11 is 11.5. The number of benzene rings is 1. The highest BCUT2D eigenvalue weighted by Gasteiger charge is 2.17. The molecule has 1 heterocycles. The molecule has 0 aliphatic carbocycles. The van der Waals surface area contributed by atoms with Crippen molar-refractivity contribution in [1.82, 2.24) is 10.6 Å². The van der Waals surface area contributed by atoms with E-state index in [-0.39, 0.29) is 21.5 Å². The van der Waals surface area contributed by atoms with Gasteiger partial charge in [-0.05, 0) is 44.0 Å². The van der Waals surface area contributed by atoms with Crippen molar-refractivity contribution in [2.24, 2.45) is 5.92 Å². The van der Waals surface area contributed by atoms with Gasteiger partial charge in [-0.1, -0.05) is 23.2 Å². The summed E-state index contributed by atoms with van der Waals surface area (Å²) in [6.45, 7) is 2.48. The van der Waals surface area contributed by atoms with Gasteiger partial charge >= 0.3 is 0 Å². The minimum atomic E-state index is -0.643. The molecule has 1 aromatic carbocycles. The molecule has 19 heavy (non-hydrogen) atoms. The number of hydrogen-bond acceptors (Lipinski definition) is 2. The zero-order valence-corrected chi connectivity index (χ0v) is 11.8. The van der Waals surface area contributed by atoms with Gasteiger partial charge in [0.05, 0.1) is 15.6 Å². The van der Waals surface area contributed by atoms with Crippen LogP contribution < -0.4 is 10.6 Å². The van der Waals surface area contributed by atoms with Crippen molar-refractivity contribution < 1.29 is 9.18 Å². The zero-order chi connectivity index (χ0) is 13.8. The lowest BCUT2D eigenvalue weighted by molar-refractivity contribution is 0.0944. The van der Waals surface area contributed by atoms with E-state index in [2.05, 4.69) is 10.6 Å². The molecule has 0 saturated carbocycles. The Balaban J connectivity index is 1.97. The van der Waals surface area contributed by atoms with Crippen molar-refractivity contribution in [3.63, 3.8) is 0 Å². The van der Waals surface area contributed by atoms with Crippen LogP contribution in [0.25, 0.3) is 0 Å². The maximum Gasteiger partial charge on any atom is 0.252 e. The van der Waals surface area contributed by atoms with Crippen LogP contribution in [0.3, 0.4) is 0 Å². The van der Waals surface area contributed by atoms with Gasteiger partial charge < -0.3 is 10.6 Å². The number of carbonyl (C=O) groups excluding carboxylic acids is 1. The lowest BCUT2D eigenvalue weighted by Crippen LogP contribution is -2.38. The molecule has 1 aromatic rings. The molecule has 104 valence electrons. The average Bonchev–Trinajstić information content (AvgIpc) is 2.41. The third kappa shape index (κ3) is 3.81. The molecule has 1 aliphatic rings. The molecular formula is C13H15Cl2FN2O. The summed E-state index contributed by atoms with van der Waals surface area (Å²) in [6, 6.07) is 2.31. The summed E-state index contributed by atoms with van der Waals surface area (Å²) in [4.78, 5) is 11.9. The molecule has 1 fully saturated rings. The van der Waals surface area contributed by atoms with E-state index >= 15 is 0 Å². The van der Waals surface area contributed by atoms with Crippen LogP contribution in [0.1, 0.15) is 23.2 Å². The van der Waals surface area contributed by atoms with Gasteiger partial charge in [-0.15, -0.1) is 0 Å². The third-order valence-corrected chi connectivity index (χ3v) is 3.81. The third-order valence-electron chi connectivity index (χ3n) is 3.20. The van der Waals surface area contributed by atoms with E-state index in [1.165, 1.54) is 6.07 Å². The summed E-state index contributed by atoms with van der Waals surface area (Å²) in [5, 5.41) is 6.13. The van der Waals surface area contributed by atoms with E-state index in [4.69, 9.17) is 23.2 Å². The number of nitrogens with one attached hydrogen (secondary N) is 2. The van der Waals surface area contributed by atoms with Gasteiger partial charge in [0, 0.05) is 6.54 Å². The first-order valence-corrected chi connectivity index (χ1v) is 6.97. The number of halogens is 3. The van der Waals surface area contributed by atoms with Crippen LogP contribution in [0.5, 0.6) is 0 Å². The first kappa shape index (κ1) is 14.6. The maximum absolute atomic E-state index is 13.3. The van der Waals surface area contributed by atoms with Crippen molar-refractivity contribution in [3.8, 4) is 0 Å². The number of rotatable bonds is 3. The van der Waals surface area contributed by atoms with Gasteiger partial charge in [0.1, 0.15) is 5.82 Å². The Labute approximate surface area is 121 Å². The SMILES string of the molecule is O=C(NCC1CCCNC1)c1cc(F)c(Cl)cc1Cl. The maximum atomic E-state index is 13.3. The number of amides is 1. The van der Waals surface area contributed by atoms with E-state index in [1.54, 1.807) is 0 Å². The quantitative estimate of drug-likeness (QED) is 0.843. The summed E-state index contributed by atoms with van der Waals surface area (Å²) in [6.07, 6.45) is 2.19. The summed E-state index contributed by atoms with van der Waals surface area (Å²) < 4.78 is 13.3. The van der Waals surface area contributed by atoms with Crippen molar-refractivity contribution >= 4 is 29.1 Å². The first-order chi connectivity index (χ1) is 9.08. The summed E-state index contributed by atoms with van der Waals surface area (Å²) in [7, 11) is 0. The molecule has 1 aliphatic heterocycles. The Morgan fingerprint density at radius 1 is 1.42 bits per heavy atom. The predicted molar refractivity (Wildman–Crippen MR) is 74.3 cm³/mol. The topological polar surface area (TPSA) is 41.1 Å². The molecule has 1 unspecified atom stereocenters. The van der Waals surface area contributed by atoms with Gasteiger partial charge in [-0.25, -0.2) is 4.39 Å². The fourth-order valence-electron chi connectivity index (χ4n) is 2.13. The molecule has 1 saturated heterocycles. The molecule has 0 bridgehead atoms. The normalized spacial score (nSPS) is 19.2. The Morgan fingerprint density at radius 2 is 2.21 bits per heavy atom. The molecule has 2 N–H and O–H groups in total. The molecule has 3 nitrogen and oxygen atoms in total. The van der Waals surface area contributed by atoms with Crippen LogP contribution in [0.4, 0.5) is 4.39 Å². The van der Waals surface area contributed by atoms with Crippen LogP contribution in [0.15, 0.2) is 12.1 Å². The van der Waals surface area contributed by atoms with E-state index in [0.29, 0.717) is 12.5 Å². The van der Waals surface area contributed by atoms with Crippen LogP contribution in [-0.2, 0) is 0 Å². The Kier molecular flexibility index (Phi) is 5.02. The van der Waals surface area contributed by atoms with Crippen molar-refractivity contribution in [2.75, 3.05) is 19.6 Å². The fourth-order valence-corrected chi connectivity index (χ4v) is 2.60. The van der Waals surface area contributed by atoms with E-state index in [9.17, 15) is 9.18 Å². The largest absolute Gasteiger partial charge is 0.352 e. The highest BCUT2D eigenvalue weighted by Crippen LogP contribution is 2.24. The Bertz CT molecular complexity index is 476. The van der Waals surface area contributed by atoms with Crippen LogP contribution in [0, 0.1) is 11.7 Å². The molecular weight excluding hydrogens is 290 g/mol. The minimum absolute atomic E-state index is 0.0852. The van der Waals surface area contributed by atoms with Crippen LogP contribution in [0.2, 0.25) is 10.0 Å². The monoisotopic (exact) mass is 304 g/mol. The van der Waals surface area contributed by atoms with Gasteiger partial charge in [-0.3, -0.25) is 4.79 Å². The molecule has 2 rings (SSSR count). The van der Waals surface area contributed by atoms with Gasteiger partial charge in [0.25, 0.3) is 5.91 Å². The lowest BCUT2D eigenvalue weighted by Gasteiger charge is -2.22. The van der Waals surface area contributed by atoms with Crippen molar-refractivity contribution in [3.05, 3.63) is 33.6 Å². The zero-order valence-electron chi connectivity index (χ0n) is 10.3. The van der Waals surface area contributed by atoms with Gasteiger partial charge in [0.2, 0.25) is 0 Å². The van der Waals surface area contributed by atoms with Crippen LogP contribution in [-0.4, -0.2) is 25.5 Å². The lowest BCUT2D eigenvalue weighted by atomic mass is 9.99. The number of hydrogen-bond donors (Lipinski definition) is 2. The molecule has 1 amide bonds. The average molecular weight is 305 g/mol. The second-order valence-electron chi connectivity index (χ2n) is 4.67. The summed E-state index contributed by atoms with van der Waals surface area (Å²) in [5.41, 5.74) is 0.118. The Morgan fingerprint density at radius 3 is 2.89 bits per heavy atom. The molecule has 1 atom stereocenters. The first-order valence-electron chi connectivity index (χ1n) is 6.21. The highest BCUT2D eigenvalue weighted by atomic mass is 35.5. The second kappa shape index (κ2) is 6.55. The van der Waals surface area contributed by atoms with E-state index in [0.717, 1.165) is 32.0 Å². The number of piperidine rings is 1. The molecule has 0 spiro atoms. The van der Waals surface area contributed by atoms with E-state index < -0.39 is 5.82 Å². The van der Waals surface area contributed by atoms with Crippen LogP contribution >= 0.6 is 23.2 Å². The van der Waals surface area contributed by atoms with Gasteiger partial charge in [0.15, 0.2) is 0 Å². The highest BCUT2D eigenvalue weighted by molar-refractivity contribution is 6.36. The second-order valence-corrected chi connectivity index (χ2v) is 5.48. The smallest absolute Gasteiger partial charge is 0.252 e. The predicted octanol–water partition coefficient (Wildman–Crippen LogP) is 2.86. The molecule has 6 heteroatoms. The standard InChI is InChI=1S/C13H15Cl2FN2O/c14-10-5-11(15)12(16)4-9(10)13(19)18-7-8-2-1-3-17-6-8/h4-5,8,17H,1-3,6-7H2,(H,18,19). The summed E-state index contributed by atoms with van der Waals surface area (Å²) in [5.74, 6) is -0.602. The number of carbonyl (C=O) groups is 1.